The zero-order valence-corrected chi connectivity index (χ0v) is 24.0. The average molecular weight is 621 g/mol. The molecule has 2 aromatic heterocycles. The summed E-state index contributed by atoms with van der Waals surface area (Å²) in [5.74, 6) is -1.04. The highest BCUT2D eigenvalue weighted by Gasteiger charge is 2.56. The Morgan fingerprint density at radius 3 is 2.51 bits per heavy atom. The molecule has 3 atom stereocenters. The van der Waals surface area contributed by atoms with Crippen molar-refractivity contribution in [2.24, 2.45) is 11.8 Å². The maximum Gasteiger partial charge on any atom is 0.417 e. The number of sulfone groups is 1. The third-order valence-electron chi connectivity index (χ3n) is 8.72. The predicted molar refractivity (Wildman–Crippen MR) is 146 cm³/mol. The number of carbonyl (C=O) groups is 1. The number of alkyl halides is 3. The van der Waals surface area contributed by atoms with Gasteiger partial charge in [-0.1, -0.05) is 0 Å². The van der Waals surface area contributed by atoms with Gasteiger partial charge >= 0.3 is 12.1 Å². The van der Waals surface area contributed by atoms with Crippen LogP contribution in [0.2, 0.25) is 0 Å². The molecule has 2 heterocycles. The van der Waals surface area contributed by atoms with Gasteiger partial charge in [-0.15, -0.1) is 0 Å². The Labute approximate surface area is 245 Å². The van der Waals surface area contributed by atoms with Gasteiger partial charge in [-0.25, -0.2) is 22.8 Å². The number of rotatable bonds is 9. The Morgan fingerprint density at radius 1 is 1.12 bits per heavy atom. The van der Waals surface area contributed by atoms with Crippen LogP contribution in [0.15, 0.2) is 36.5 Å². The van der Waals surface area contributed by atoms with Crippen LogP contribution in [0.1, 0.15) is 53.1 Å². The van der Waals surface area contributed by atoms with Crippen LogP contribution in [0.25, 0.3) is 11.1 Å². The Bertz CT molecular complexity index is 1720. The number of carboxylic acids is 1. The van der Waals surface area contributed by atoms with Crippen LogP contribution in [0.4, 0.5) is 17.6 Å². The summed E-state index contributed by atoms with van der Waals surface area (Å²) in [5, 5.41) is 8.59. The van der Waals surface area contributed by atoms with Gasteiger partial charge < -0.3 is 14.6 Å². The Morgan fingerprint density at radius 2 is 1.86 bits per heavy atom. The van der Waals surface area contributed by atoms with Crippen molar-refractivity contribution in [3.63, 3.8) is 0 Å². The van der Waals surface area contributed by atoms with E-state index in [4.69, 9.17) is 14.6 Å². The molecule has 1 N–H and O–H groups in total. The summed E-state index contributed by atoms with van der Waals surface area (Å²) in [5.41, 5.74) is 0.789. The molecule has 0 saturated heterocycles. The van der Waals surface area contributed by atoms with Crippen LogP contribution in [0.5, 0.6) is 11.8 Å². The number of aryl methyl sites for hydroxylation is 1. The fourth-order valence-corrected chi connectivity index (χ4v) is 7.45. The zero-order valence-electron chi connectivity index (χ0n) is 23.2. The monoisotopic (exact) mass is 620 g/mol. The first kappa shape index (κ1) is 29.3. The molecule has 8 nitrogen and oxygen atoms in total. The Balaban J connectivity index is 1.20. The molecule has 228 valence electrons. The zero-order chi connectivity index (χ0) is 30.8. The van der Waals surface area contributed by atoms with E-state index in [1.807, 2.05) is 0 Å². The molecule has 3 aromatic rings. The number of pyridine rings is 2. The number of fused-ring (bicyclic) bond motifs is 3. The van der Waals surface area contributed by atoms with Gasteiger partial charge in [0.25, 0.3) is 0 Å². The number of nitrogens with zero attached hydrogens (tertiary/aromatic N) is 2. The van der Waals surface area contributed by atoms with Gasteiger partial charge in [0.2, 0.25) is 11.8 Å². The van der Waals surface area contributed by atoms with E-state index < -0.39 is 38.6 Å². The second-order valence-electron chi connectivity index (χ2n) is 11.6. The molecule has 2 saturated carbocycles. The van der Waals surface area contributed by atoms with E-state index >= 15 is 0 Å². The molecule has 13 heteroatoms. The average Bonchev–Trinajstić information content (AvgIpc) is 3.38. The van der Waals surface area contributed by atoms with Crippen molar-refractivity contribution in [1.29, 1.82) is 0 Å². The number of ether oxygens (including phenoxy) is 2. The normalized spacial score (nSPS) is 24.1. The van der Waals surface area contributed by atoms with Crippen molar-refractivity contribution in [3.8, 4) is 22.9 Å². The number of hydrogen-bond donors (Lipinski definition) is 1. The lowest BCUT2D eigenvalue weighted by Crippen LogP contribution is -2.42. The number of carboxylic acid groups (broad SMARTS) is 1. The minimum Gasteiger partial charge on any atom is -0.481 e. The van der Waals surface area contributed by atoms with Gasteiger partial charge in [0.05, 0.1) is 10.8 Å². The van der Waals surface area contributed by atoms with Gasteiger partial charge in [0, 0.05) is 60.7 Å². The van der Waals surface area contributed by atoms with Crippen LogP contribution < -0.4 is 9.47 Å². The van der Waals surface area contributed by atoms with Crippen molar-refractivity contribution in [2.75, 3.05) is 6.26 Å². The van der Waals surface area contributed by atoms with Crippen LogP contribution in [0, 0.1) is 24.6 Å². The number of aliphatic carboxylic acids is 1. The molecule has 3 aliphatic rings. The molecule has 1 aromatic carbocycles. The molecule has 0 spiro atoms. The van der Waals surface area contributed by atoms with Crippen LogP contribution >= 0.6 is 0 Å². The van der Waals surface area contributed by atoms with Crippen LogP contribution in [0.3, 0.4) is 0 Å². The van der Waals surface area contributed by atoms with Gasteiger partial charge in [0.1, 0.15) is 18.5 Å². The second kappa shape index (κ2) is 10.5. The minimum absolute atomic E-state index is 0.0993. The molecule has 0 unspecified atom stereocenters. The van der Waals surface area contributed by atoms with E-state index in [0.717, 1.165) is 23.4 Å². The minimum atomic E-state index is -4.84. The quantitative estimate of drug-likeness (QED) is 0.312. The highest BCUT2D eigenvalue weighted by molar-refractivity contribution is 7.91. The van der Waals surface area contributed by atoms with Crippen molar-refractivity contribution in [2.45, 2.75) is 62.7 Å². The van der Waals surface area contributed by atoms with E-state index in [2.05, 4.69) is 9.97 Å². The number of benzene rings is 1. The van der Waals surface area contributed by atoms with E-state index in [-0.39, 0.29) is 71.0 Å². The molecule has 3 aliphatic carbocycles. The first-order chi connectivity index (χ1) is 20.2. The smallest absolute Gasteiger partial charge is 0.417 e. The number of halogens is 4. The first-order valence-electron chi connectivity index (χ1n) is 13.8. The summed E-state index contributed by atoms with van der Waals surface area (Å²) in [6.07, 6.45) is -0.975. The largest absolute Gasteiger partial charge is 0.481 e. The predicted octanol–water partition coefficient (Wildman–Crippen LogP) is 5.50. The maximum absolute atomic E-state index is 14.9. The highest BCUT2D eigenvalue weighted by Crippen LogP contribution is 2.62. The fourth-order valence-electron chi connectivity index (χ4n) is 6.32. The summed E-state index contributed by atoms with van der Waals surface area (Å²) in [4.78, 5) is 19.6. The SMILES string of the molecule is Cc1nc(OC2CC(S(C)(=O)=O)C2)ccc1-c1cc(COc2cc3c(cn2)[C@@H]2[C@@H](CC(=O)O)[C@@H]2C3)c(F)cc1C(F)(F)F. The standard InChI is InChI=1S/C30H28F4N2O6S/c1-14-19(3-4-26(36-14)42-17-8-18(9-17)43(2,39)40)20-6-16(25(31)11-24(20)30(32,33)34)13-41-27-7-15-5-21-22(10-28(37)38)29(21)23(15)12-35-27/h3-4,6-7,11-12,17-18,21-22,29H,5,8-10,13H2,1-2H3,(H,37,38)/t17?,18?,21-,22-,29-/m0/s1. The Hall–Kier alpha value is -3.74. The van der Waals surface area contributed by atoms with Crippen molar-refractivity contribution >= 4 is 15.8 Å². The van der Waals surface area contributed by atoms with Gasteiger partial charge in [-0.05, 0) is 66.0 Å². The second-order valence-corrected chi connectivity index (χ2v) is 13.9. The maximum atomic E-state index is 14.9. The van der Waals surface area contributed by atoms with E-state index in [1.54, 1.807) is 12.3 Å². The fraction of sp³-hybridized carbons (Fsp3) is 0.433. The first-order valence-corrected chi connectivity index (χ1v) is 15.7. The molecule has 43 heavy (non-hydrogen) atoms. The molecule has 0 aliphatic heterocycles. The van der Waals surface area contributed by atoms with Gasteiger partial charge in [-0.3, -0.25) is 4.79 Å². The third-order valence-corrected chi connectivity index (χ3v) is 10.3. The summed E-state index contributed by atoms with van der Waals surface area (Å²) in [6, 6.07) is 6.10. The molecular formula is C30H28F4N2O6S. The summed E-state index contributed by atoms with van der Waals surface area (Å²) in [6.45, 7) is 1.15. The van der Waals surface area contributed by atoms with Crippen LogP contribution in [-0.2, 0) is 33.8 Å². The lowest BCUT2D eigenvalue weighted by Gasteiger charge is -2.33. The van der Waals surface area contributed by atoms with Crippen LogP contribution in [-0.4, -0.2) is 47.1 Å². The summed E-state index contributed by atoms with van der Waals surface area (Å²) < 4.78 is 91.6. The lowest BCUT2D eigenvalue weighted by atomic mass is 9.95. The van der Waals surface area contributed by atoms with E-state index in [0.29, 0.717) is 25.3 Å². The van der Waals surface area contributed by atoms with Gasteiger partial charge in [-0.2, -0.15) is 13.2 Å². The molecule has 0 bridgehead atoms. The third kappa shape index (κ3) is 5.78. The highest BCUT2D eigenvalue weighted by atomic mass is 32.2. The number of aromatic nitrogens is 2. The lowest BCUT2D eigenvalue weighted by molar-refractivity contribution is -0.138. The van der Waals surface area contributed by atoms with Crippen molar-refractivity contribution < 1.29 is 45.4 Å². The molecule has 0 radical (unpaired) electrons. The molecule has 6 rings (SSSR count). The van der Waals surface area contributed by atoms with Gasteiger partial charge in [0.15, 0.2) is 9.84 Å². The van der Waals surface area contributed by atoms with Crippen molar-refractivity contribution in [1.82, 2.24) is 9.97 Å². The Kier molecular flexibility index (Phi) is 7.14. The topological polar surface area (TPSA) is 116 Å². The van der Waals surface area contributed by atoms with E-state index in [1.165, 1.54) is 19.1 Å². The van der Waals surface area contributed by atoms with E-state index in [9.17, 15) is 30.8 Å². The molecule has 0 amide bonds. The van der Waals surface area contributed by atoms with Crippen molar-refractivity contribution in [3.05, 3.63) is 70.3 Å². The number of hydrogen-bond acceptors (Lipinski definition) is 7. The summed E-state index contributed by atoms with van der Waals surface area (Å²) in [7, 11) is -3.17. The molecule has 2 fully saturated rings. The molecular weight excluding hydrogens is 592 g/mol. The summed E-state index contributed by atoms with van der Waals surface area (Å²) >= 11 is 0.